The Morgan fingerprint density at radius 3 is 2.15 bits per heavy atom. The standard InChI is InChI=1S/C15H27NO3S/c1-19-4-3-16-20(17,18)5-2-15-9-12-6-13(10-15)8-14(7-12)11-15/h12-14,16H,2-11H2,1H3. The second-order valence-corrected chi connectivity index (χ2v) is 9.30. The van der Waals surface area contributed by atoms with Gasteiger partial charge in [0, 0.05) is 13.7 Å². The van der Waals surface area contributed by atoms with Crippen LogP contribution in [0.3, 0.4) is 0 Å². The second-order valence-electron chi connectivity index (χ2n) is 7.37. The Hall–Kier alpha value is -0.130. The maximum atomic E-state index is 12.0. The largest absolute Gasteiger partial charge is 0.383 e. The van der Waals surface area contributed by atoms with Crippen molar-refractivity contribution >= 4 is 10.0 Å². The maximum absolute atomic E-state index is 12.0. The molecule has 4 aliphatic rings. The highest BCUT2D eigenvalue weighted by Crippen LogP contribution is 2.61. The van der Waals surface area contributed by atoms with Crippen LogP contribution in [-0.2, 0) is 14.8 Å². The van der Waals surface area contributed by atoms with Crippen LogP contribution in [0.5, 0.6) is 0 Å². The predicted octanol–water partition coefficient (Wildman–Crippen LogP) is 2.16. The van der Waals surface area contributed by atoms with Crippen LogP contribution in [0.1, 0.15) is 44.9 Å². The number of hydrogen-bond acceptors (Lipinski definition) is 3. The minimum absolute atomic E-state index is 0.295. The molecule has 4 aliphatic carbocycles. The van der Waals surface area contributed by atoms with Crippen LogP contribution < -0.4 is 4.72 Å². The van der Waals surface area contributed by atoms with Crippen molar-refractivity contribution in [2.75, 3.05) is 26.0 Å². The van der Waals surface area contributed by atoms with Crippen molar-refractivity contribution in [3.05, 3.63) is 0 Å². The highest BCUT2D eigenvalue weighted by molar-refractivity contribution is 7.89. The van der Waals surface area contributed by atoms with Crippen LogP contribution in [0.25, 0.3) is 0 Å². The molecule has 0 unspecified atom stereocenters. The summed E-state index contributed by atoms with van der Waals surface area (Å²) < 4.78 is 31.6. The van der Waals surface area contributed by atoms with Crippen LogP contribution in [0, 0.1) is 23.2 Å². The molecule has 0 aromatic rings. The highest BCUT2D eigenvalue weighted by Gasteiger charge is 2.50. The molecule has 0 spiro atoms. The van der Waals surface area contributed by atoms with Gasteiger partial charge in [0.1, 0.15) is 0 Å². The van der Waals surface area contributed by atoms with E-state index in [2.05, 4.69) is 4.72 Å². The summed E-state index contributed by atoms with van der Waals surface area (Å²) in [4.78, 5) is 0. The molecular weight excluding hydrogens is 274 g/mol. The number of nitrogens with one attached hydrogen (secondary N) is 1. The zero-order chi connectivity index (χ0) is 14.2. The monoisotopic (exact) mass is 301 g/mol. The van der Waals surface area contributed by atoms with Crippen molar-refractivity contribution in [1.82, 2.24) is 4.72 Å². The molecule has 20 heavy (non-hydrogen) atoms. The highest BCUT2D eigenvalue weighted by atomic mass is 32.2. The molecule has 4 fully saturated rings. The molecule has 1 N–H and O–H groups in total. The van der Waals surface area contributed by atoms with E-state index in [0.29, 0.717) is 24.3 Å². The van der Waals surface area contributed by atoms with Crippen molar-refractivity contribution in [3.63, 3.8) is 0 Å². The summed E-state index contributed by atoms with van der Waals surface area (Å²) in [6.07, 6.45) is 8.96. The first-order valence-electron chi connectivity index (χ1n) is 7.97. The molecule has 0 radical (unpaired) electrons. The van der Waals surface area contributed by atoms with Gasteiger partial charge in [-0.2, -0.15) is 0 Å². The van der Waals surface area contributed by atoms with Gasteiger partial charge in [0.25, 0.3) is 0 Å². The fourth-order valence-corrected chi connectivity index (χ4v) is 6.56. The summed E-state index contributed by atoms with van der Waals surface area (Å²) >= 11 is 0. The Labute approximate surface area is 122 Å². The van der Waals surface area contributed by atoms with Gasteiger partial charge in [0.2, 0.25) is 10.0 Å². The van der Waals surface area contributed by atoms with E-state index < -0.39 is 10.0 Å². The van der Waals surface area contributed by atoms with Gasteiger partial charge in [-0.1, -0.05) is 0 Å². The lowest BCUT2D eigenvalue weighted by molar-refractivity contribution is -0.0540. The van der Waals surface area contributed by atoms with Crippen molar-refractivity contribution in [3.8, 4) is 0 Å². The van der Waals surface area contributed by atoms with Gasteiger partial charge < -0.3 is 4.74 Å². The van der Waals surface area contributed by atoms with Gasteiger partial charge >= 0.3 is 0 Å². The summed E-state index contributed by atoms with van der Waals surface area (Å²) in [6, 6.07) is 0. The Bertz CT molecular complexity index is 411. The first-order chi connectivity index (χ1) is 9.50. The molecule has 0 aromatic carbocycles. The predicted molar refractivity (Wildman–Crippen MR) is 78.9 cm³/mol. The SMILES string of the molecule is COCCNS(=O)(=O)CCC12CC3CC(CC(C3)C1)C2. The smallest absolute Gasteiger partial charge is 0.211 e. The van der Waals surface area contributed by atoms with E-state index in [0.717, 1.165) is 24.2 Å². The molecule has 0 atom stereocenters. The molecule has 4 bridgehead atoms. The third-order valence-corrected chi connectivity index (χ3v) is 7.08. The van der Waals surface area contributed by atoms with E-state index in [1.54, 1.807) is 7.11 Å². The lowest BCUT2D eigenvalue weighted by Gasteiger charge is -2.57. The van der Waals surface area contributed by atoms with E-state index in [4.69, 9.17) is 4.74 Å². The lowest BCUT2D eigenvalue weighted by atomic mass is 9.49. The Morgan fingerprint density at radius 2 is 1.65 bits per heavy atom. The number of methoxy groups -OCH3 is 1. The zero-order valence-corrected chi connectivity index (χ0v) is 13.3. The van der Waals surface area contributed by atoms with Gasteiger partial charge in [0.15, 0.2) is 0 Å². The van der Waals surface area contributed by atoms with Crippen molar-refractivity contribution in [1.29, 1.82) is 0 Å². The molecule has 4 saturated carbocycles. The fourth-order valence-electron chi connectivity index (χ4n) is 5.32. The van der Waals surface area contributed by atoms with E-state index >= 15 is 0 Å². The maximum Gasteiger partial charge on any atom is 0.211 e. The minimum atomic E-state index is -3.13. The minimum Gasteiger partial charge on any atom is -0.383 e. The van der Waals surface area contributed by atoms with E-state index in [9.17, 15) is 8.42 Å². The molecule has 4 rings (SSSR count). The van der Waals surface area contributed by atoms with Crippen molar-refractivity contribution in [2.45, 2.75) is 44.9 Å². The molecule has 0 aromatic heterocycles. The molecule has 0 heterocycles. The number of rotatable bonds is 7. The topological polar surface area (TPSA) is 55.4 Å². The zero-order valence-electron chi connectivity index (χ0n) is 12.4. The van der Waals surface area contributed by atoms with Crippen LogP contribution in [0.4, 0.5) is 0 Å². The number of ether oxygens (including phenoxy) is 1. The van der Waals surface area contributed by atoms with Crippen LogP contribution in [0.15, 0.2) is 0 Å². The third kappa shape index (κ3) is 3.20. The van der Waals surface area contributed by atoms with Gasteiger partial charge in [-0.05, 0) is 68.1 Å². The molecular formula is C15H27NO3S. The average Bonchev–Trinajstić information content (AvgIpc) is 2.35. The van der Waals surface area contributed by atoms with Crippen LogP contribution >= 0.6 is 0 Å². The summed E-state index contributed by atoms with van der Waals surface area (Å²) in [5.74, 6) is 2.98. The molecule has 0 aliphatic heterocycles. The van der Waals surface area contributed by atoms with Gasteiger partial charge in [-0.25, -0.2) is 13.1 Å². The molecule has 116 valence electrons. The van der Waals surface area contributed by atoms with E-state index in [1.807, 2.05) is 0 Å². The first kappa shape index (κ1) is 14.8. The van der Waals surface area contributed by atoms with E-state index in [-0.39, 0.29) is 0 Å². The van der Waals surface area contributed by atoms with Gasteiger partial charge in [0.05, 0.1) is 12.4 Å². The normalized spacial score (nSPS) is 39.4. The van der Waals surface area contributed by atoms with Crippen LogP contribution in [0.2, 0.25) is 0 Å². The molecule has 5 heteroatoms. The van der Waals surface area contributed by atoms with Crippen molar-refractivity contribution in [2.24, 2.45) is 23.2 Å². The van der Waals surface area contributed by atoms with Gasteiger partial charge in [-0.3, -0.25) is 0 Å². The lowest BCUT2D eigenvalue weighted by Crippen LogP contribution is -2.47. The van der Waals surface area contributed by atoms with Crippen LogP contribution in [-0.4, -0.2) is 34.4 Å². The summed E-state index contributed by atoms with van der Waals surface area (Å²) in [6.45, 7) is 0.830. The Morgan fingerprint density at radius 1 is 1.10 bits per heavy atom. The molecule has 0 saturated heterocycles. The quantitative estimate of drug-likeness (QED) is 0.733. The number of sulfonamides is 1. The summed E-state index contributed by atoms with van der Waals surface area (Å²) in [7, 11) is -1.54. The Kier molecular flexibility index (Phi) is 4.13. The molecule has 4 nitrogen and oxygen atoms in total. The number of hydrogen-bond donors (Lipinski definition) is 1. The Balaban J connectivity index is 1.55. The molecule has 0 amide bonds. The van der Waals surface area contributed by atoms with Gasteiger partial charge in [-0.15, -0.1) is 0 Å². The summed E-state index contributed by atoms with van der Waals surface area (Å²) in [5.41, 5.74) is 0.352. The second kappa shape index (κ2) is 5.58. The summed E-state index contributed by atoms with van der Waals surface area (Å²) in [5, 5.41) is 0. The van der Waals surface area contributed by atoms with Crippen molar-refractivity contribution < 1.29 is 13.2 Å². The van der Waals surface area contributed by atoms with E-state index in [1.165, 1.54) is 38.5 Å². The average molecular weight is 301 g/mol. The third-order valence-electron chi connectivity index (χ3n) is 5.69. The fraction of sp³-hybridized carbons (Fsp3) is 1.00. The first-order valence-corrected chi connectivity index (χ1v) is 9.62.